The lowest BCUT2D eigenvalue weighted by Crippen LogP contribution is -2.01. The summed E-state index contributed by atoms with van der Waals surface area (Å²) in [6.45, 7) is 4.18. The van der Waals surface area contributed by atoms with E-state index >= 15 is 0 Å². The smallest absolute Gasteiger partial charge is 0.238 e. The van der Waals surface area contributed by atoms with Crippen molar-refractivity contribution < 1.29 is 4.68 Å². The molecule has 0 bridgehead atoms. The first kappa shape index (κ1) is 16.0. The molecule has 1 atom stereocenters. The second kappa shape index (κ2) is 6.41. The van der Waals surface area contributed by atoms with E-state index in [-0.39, 0.29) is 5.92 Å². The molecular weight excluding hydrogens is 322 g/mol. The maximum Gasteiger partial charge on any atom is 0.238 e. The number of nitrogens with one attached hydrogen (secondary N) is 1. The van der Waals surface area contributed by atoms with Crippen molar-refractivity contribution in [3.63, 3.8) is 0 Å². The Hall–Kier alpha value is -3.52. The molecule has 0 spiro atoms. The monoisotopic (exact) mass is 340 g/mol. The number of aryl methyl sites for hydroxylation is 2. The van der Waals surface area contributed by atoms with Crippen molar-refractivity contribution in [2.24, 2.45) is 11.0 Å². The molecule has 5 heteroatoms. The number of rotatable bonds is 3. The highest BCUT2D eigenvalue weighted by molar-refractivity contribution is 5.91. The number of benzene rings is 2. The molecule has 26 heavy (non-hydrogen) atoms. The fourth-order valence-corrected chi connectivity index (χ4v) is 2.94. The molecule has 1 aromatic heterocycles. The van der Waals surface area contributed by atoms with Crippen LogP contribution >= 0.6 is 0 Å². The van der Waals surface area contributed by atoms with E-state index in [1.54, 1.807) is 0 Å². The van der Waals surface area contributed by atoms with Gasteiger partial charge in [-0.1, -0.05) is 22.9 Å². The first-order chi connectivity index (χ1) is 12.6. The Balaban J connectivity index is 1.64. The number of nitriles is 1. The van der Waals surface area contributed by atoms with Gasteiger partial charge in [-0.15, -0.1) is 0 Å². The highest BCUT2D eigenvalue weighted by atomic mass is 15.4. The number of aromatic nitrogens is 2. The van der Waals surface area contributed by atoms with Gasteiger partial charge in [0.25, 0.3) is 0 Å². The summed E-state index contributed by atoms with van der Waals surface area (Å²) in [5.41, 5.74) is 5.78. The second-order valence-corrected chi connectivity index (χ2v) is 6.40. The molecule has 2 heterocycles. The number of hydrazone groups is 1. The van der Waals surface area contributed by atoms with Gasteiger partial charge >= 0.3 is 0 Å². The van der Waals surface area contributed by atoms with Crippen LogP contribution in [0.1, 0.15) is 17.0 Å². The van der Waals surface area contributed by atoms with Crippen molar-refractivity contribution >= 4 is 34.7 Å². The summed E-state index contributed by atoms with van der Waals surface area (Å²) in [5.74, 6) is 0.527. The number of allylic oxidation sites excluding steroid dienone is 2. The molecule has 126 valence electrons. The van der Waals surface area contributed by atoms with E-state index < -0.39 is 0 Å². The molecule has 3 aromatic rings. The number of nitrogens with zero attached hydrogens (tertiary/aromatic N) is 4. The van der Waals surface area contributed by atoms with Gasteiger partial charge in [0, 0.05) is 12.1 Å². The van der Waals surface area contributed by atoms with Crippen molar-refractivity contribution in [1.82, 2.24) is 9.97 Å². The average molecular weight is 340 g/mol. The van der Waals surface area contributed by atoms with Crippen molar-refractivity contribution in [3.05, 3.63) is 65.5 Å². The van der Waals surface area contributed by atoms with Crippen LogP contribution in [-0.4, -0.2) is 27.1 Å². The number of aromatic amines is 1. The van der Waals surface area contributed by atoms with Gasteiger partial charge in [0.05, 0.1) is 22.8 Å². The fraction of sp³-hybridized carbons (Fsp3) is 0.143. The lowest BCUT2D eigenvalue weighted by Gasteiger charge is -1.98. The Labute approximate surface area is 151 Å². The Kier molecular flexibility index (Phi) is 3.94. The SMILES string of the molecule is Cc1ccc([N+]2=C[C@@H](/C=C(\C#N)c3nc4ccccc4[nH]3)C=N2)cc1C. The van der Waals surface area contributed by atoms with Gasteiger partial charge in [-0.25, -0.2) is 4.98 Å². The second-order valence-electron chi connectivity index (χ2n) is 6.40. The van der Waals surface area contributed by atoms with Crippen LogP contribution in [0.15, 0.2) is 53.6 Å². The molecule has 0 unspecified atom stereocenters. The van der Waals surface area contributed by atoms with Crippen LogP contribution in [-0.2, 0) is 0 Å². The van der Waals surface area contributed by atoms with Gasteiger partial charge in [0.1, 0.15) is 17.8 Å². The zero-order chi connectivity index (χ0) is 18.1. The summed E-state index contributed by atoms with van der Waals surface area (Å²) in [7, 11) is 0. The third kappa shape index (κ3) is 2.93. The van der Waals surface area contributed by atoms with Crippen LogP contribution in [0, 0.1) is 31.1 Å². The van der Waals surface area contributed by atoms with Crippen LogP contribution < -0.4 is 0 Å². The molecule has 1 aliphatic rings. The molecule has 4 rings (SSSR count). The molecule has 1 N–H and O–H groups in total. The van der Waals surface area contributed by atoms with Crippen molar-refractivity contribution in [3.8, 4) is 6.07 Å². The third-order valence-corrected chi connectivity index (χ3v) is 4.56. The first-order valence-corrected chi connectivity index (χ1v) is 8.46. The summed E-state index contributed by atoms with van der Waals surface area (Å²) < 4.78 is 1.85. The van der Waals surface area contributed by atoms with E-state index in [0.29, 0.717) is 11.4 Å². The lowest BCUT2D eigenvalue weighted by molar-refractivity contribution is -0.437. The predicted octanol–water partition coefficient (Wildman–Crippen LogP) is 4.12. The van der Waals surface area contributed by atoms with E-state index in [1.807, 2.05) is 53.5 Å². The largest absolute Gasteiger partial charge is 0.337 e. The van der Waals surface area contributed by atoms with Crippen LogP contribution in [0.5, 0.6) is 0 Å². The molecule has 0 aliphatic carbocycles. The van der Waals surface area contributed by atoms with Crippen LogP contribution in [0.25, 0.3) is 16.6 Å². The zero-order valence-corrected chi connectivity index (χ0v) is 14.6. The number of fused-ring (bicyclic) bond motifs is 1. The van der Waals surface area contributed by atoms with Gasteiger partial charge in [0.15, 0.2) is 6.21 Å². The number of hydrogen-bond donors (Lipinski definition) is 1. The quantitative estimate of drug-likeness (QED) is 0.576. The number of para-hydroxylation sites is 2. The van der Waals surface area contributed by atoms with E-state index in [1.165, 1.54) is 11.1 Å². The number of imidazole rings is 1. The highest BCUT2D eigenvalue weighted by Gasteiger charge is 2.21. The van der Waals surface area contributed by atoms with Crippen molar-refractivity contribution in [1.29, 1.82) is 5.26 Å². The van der Waals surface area contributed by atoms with Crippen molar-refractivity contribution in [2.75, 3.05) is 0 Å². The summed E-state index contributed by atoms with van der Waals surface area (Å²) in [4.78, 5) is 7.71. The minimum atomic E-state index is -0.0560. The standard InChI is InChI=1S/C21H18N5/c1-14-7-8-18(9-15(14)2)26-13-16(12-23-26)10-17(11-22)21-24-19-5-3-4-6-20(19)25-21/h3-10,12-13,16H,1-2H3,(H,24,25)/q+1/b17-10+/t16-/m0/s1. The Morgan fingerprint density at radius 3 is 2.81 bits per heavy atom. The lowest BCUT2D eigenvalue weighted by atomic mass is 10.1. The zero-order valence-electron chi connectivity index (χ0n) is 14.6. The molecule has 0 fully saturated rings. The van der Waals surface area contributed by atoms with Gasteiger partial charge in [-0.3, -0.25) is 0 Å². The van der Waals surface area contributed by atoms with Gasteiger partial charge < -0.3 is 4.98 Å². The molecular formula is C21H18N5+. The topological polar surface area (TPSA) is 67.8 Å². The normalized spacial score (nSPS) is 16.7. The summed E-state index contributed by atoms with van der Waals surface area (Å²) in [5, 5.41) is 14.0. The first-order valence-electron chi connectivity index (χ1n) is 8.46. The summed E-state index contributed by atoms with van der Waals surface area (Å²) in [6.07, 6.45) is 5.70. The minimum Gasteiger partial charge on any atom is -0.337 e. The van der Waals surface area contributed by atoms with Gasteiger partial charge in [-0.2, -0.15) is 5.26 Å². The summed E-state index contributed by atoms with van der Waals surface area (Å²) >= 11 is 0. The van der Waals surface area contributed by atoms with E-state index in [0.717, 1.165) is 16.7 Å². The molecule has 2 aromatic carbocycles. The average Bonchev–Trinajstić information content (AvgIpc) is 3.28. The van der Waals surface area contributed by atoms with Crippen molar-refractivity contribution in [2.45, 2.75) is 13.8 Å². The molecule has 0 saturated heterocycles. The van der Waals surface area contributed by atoms with Crippen LogP contribution in [0.4, 0.5) is 5.69 Å². The third-order valence-electron chi connectivity index (χ3n) is 4.56. The molecule has 0 radical (unpaired) electrons. The van der Waals surface area contributed by atoms with Gasteiger partial charge in [0.2, 0.25) is 5.69 Å². The highest BCUT2D eigenvalue weighted by Crippen LogP contribution is 2.21. The fourth-order valence-electron chi connectivity index (χ4n) is 2.94. The maximum absolute atomic E-state index is 9.56. The minimum absolute atomic E-state index is 0.0560. The Morgan fingerprint density at radius 2 is 2.04 bits per heavy atom. The van der Waals surface area contributed by atoms with E-state index in [4.69, 9.17) is 0 Å². The number of hydrogen-bond acceptors (Lipinski definition) is 3. The summed E-state index contributed by atoms with van der Waals surface area (Å²) in [6, 6.07) is 16.2. The Morgan fingerprint density at radius 1 is 1.19 bits per heavy atom. The Bertz CT molecular complexity index is 1090. The molecule has 5 nitrogen and oxygen atoms in total. The number of H-pyrrole nitrogens is 1. The molecule has 1 aliphatic heterocycles. The maximum atomic E-state index is 9.56. The van der Waals surface area contributed by atoms with E-state index in [9.17, 15) is 5.26 Å². The predicted molar refractivity (Wildman–Crippen MR) is 104 cm³/mol. The van der Waals surface area contributed by atoms with Gasteiger partial charge in [-0.05, 0) is 48.3 Å². The molecule has 0 amide bonds. The van der Waals surface area contributed by atoms with Crippen LogP contribution in [0.3, 0.4) is 0 Å². The molecule has 0 saturated carbocycles. The van der Waals surface area contributed by atoms with E-state index in [2.05, 4.69) is 47.1 Å². The van der Waals surface area contributed by atoms with Crippen LogP contribution in [0.2, 0.25) is 0 Å².